The van der Waals surface area contributed by atoms with Gasteiger partial charge in [0.15, 0.2) is 0 Å². The molecular formula is C51H41N7O2. The molecule has 1 fully saturated rings. The van der Waals surface area contributed by atoms with Crippen LogP contribution in [-0.4, -0.2) is 55.9 Å². The van der Waals surface area contributed by atoms with Crippen molar-refractivity contribution in [2.24, 2.45) is 0 Å². The first-order chi connectivity index (χ1) is 29.5. The monoisotopic (exact) mass is 783 g/mol. The zero-order chi connectivity index (χ0) is 40.6. The Morgan fingerprint density at radius 2 is 0.967 bits per heavy atom. The van der Waals surface area contributed by atoms with Gasteiger partial charge in [-0.3, -0.25) is 4.79 Å². The standard InChI is InChI=1S/C51H41N7O2/c1-32(59)52-36-29-30-58(31-36)51(60)57-38-20-12-11-19-37(38)50-45-27-25-43(55-45)48(34-15-7-3-8-16-34)41-23-21-39(53-41)47(33-13-5-2-6-14-33)40-22-24-42(54-40)49(35-17-9-4-10-18-35)44-26-28-46(50)56-44/h2-28,36,53,56H,29-31H2,1H3,(H,52,59)(H,57,60)/t36-/m1/s1. The molecule has 4 N–H and O–H groups in total. The first-order valence-corrected chi connectivity index (χ1v) is 20.2. The number of nitrogens with one attached hydrogen (secondary N) is 4. The van der Waals surface area contributed by atoms with Gasteiger partial charge < -0.3 is 25.5 Å². The largest absolute Gasteiger partial charge is 0.354 e. The van der Waals surface area contributed by atoms with Crippen LogP contribution in [0, 0.1) is 0 Å². The SMILES string of the molecule is CC(=O)N[C@@H]1CCN(C(=O)Nc2ccccc2-c2c3nc(c(-c4ccccc4)c4ccc([nH]4)c(-c4ccccc4)c4nc(c(-c5ccccc5)c5ccc2[nH]5)C=C4)C=C3)C1. The number of anilines is 1. The van der Waals surface area contributed by atoms with Crippen molar-refractivity contribution >= 4 is 64.0 Å². The van der Waals surface area contributed by atoms with Crippen LogP contribution < -0.4 is 10.6 Å². The van der Waals surface area contributed by atoms with Crippen LogP contribution in [0.5, 0.6) is 0 Å². The second-order valence-corrected chi connectivity index (χ2v) is 15.2. The molecule has 0 aliphatic carbocycles. The number of amides is 3. The topological polar surface area (TPSA) is 119 Å². The highest BCUT2D eigenvalue weighted by Gasteiger charge is 2.28. The van der Waals surface area contributed by atoms with E-state index in [4.69, 9.17) is 9.97 Å². The van der Waals surface area contributed by atoms with Crippen molar-refractivity contribution in [1.82, 2.24) is 30.2 Å². The number of rotatable bonds is 6. The molecule has 60 heavy (non-hydrogen) atoms. The Balaban J connectivity index is 1.26. The van der Waals surface area contributed by atoms with Crippen molar-refractivity contribution in [2.75, 3.05) is 18.4 Å². The number of aromatic amines is 2. The molecular weight excluding hydrogens is 743 g/mol. The van der Waals surface area contributed by atoms with Crippen LogP contribution in [0.4, 0.5) is 10.5 Å². The molecule has 3 amide bonds. The Hall–Kier alpha value is -7.78. The number of carbonyl (C=O) groups is 2. The van der Waals surface area contributed by atoms with Gasteiger partial charge in [-0.05, 0) is 77.7 Å². The number of hydrogen-bond acceptors (Lipinski definition) is 4. The fraction of sp³-hybridized carbons (Fsp3) is 0.0980. The maximum absolute atomic E-state index is 13.9. The smallest absolute Gasteiger partial charge is 0.321 e. The number of fused-ring (bicyclic) bond motifs is 8. The summed E-state index contributed by atoms with van der Waals surface area (Å²) in [4.78, 5) is 45.8. The minimum atomic E-state index is -0.223. The number of likely N-dealkylation sites (tertiary alicyclic amines) is 1. The lowest BCUT2D eigenvalue weighted by atomic mass is 10.0. The van der Waals surface area contributed by atoms with E-state index < -0.39 is 0 Å². The van der Waals surface area contributed by atoms with Gasteiger partial charge >= 0.3 is 6.03 Å². The lowest BCUT2D eigenvalue weighted by Gasteiger charge is -2.19. The van der Waals surface area contributed by atoms with Crippen molar-refractivity contribution in [1.29, 1.82) is 0 Å². The number of aromatic nitrogens is 4. The summed E-state index contributed by atoms with van der Waals surface area (Å²) in [6.07, 6.45) is 9.03. The van der Waals surface area contributed by atoms with Gasteiger partial charge in [-0.2, -0.15) is 0 Å². The average Bonchev–Trinajstić information content (AvgIpc) is 4.14. The van der Waals surface area contributed by atoms with Gasteiger partial charge in [-0.1, -0.05) is 109 Å². The van der Waals surface area contributed by atoms with Crippen LogP contribution in [0.2, 0.25) is 0 Å². The molecule has 0 saturated carbocycles. The Morgan fingerprint density at radius 1 is 0.550 bits per heavy atom. The quantitative estimate of drug-likeness (QED) is 0.134. The second-order valence-electron chi connectivity index (χ2n) is 15.2. The van der Waals surface area contributed by atoms with E-state index in [1.807, 2.05) is 66.7 Å². The molecule has 0 spiro atoms. The molecule has 6 heterocycles. The van der Waals surface area contributed by atoms with E-state index in [0.717, 1.165) is 89.4 Å². The van der Waals surface area contributed by atoms with Gasteiger partial charge in [0.25, 0.3) is 0 Å². The summed E-state index contributed by atoms with van der Waals surface area (Å²) in [5, 5.41) is 6.17. The van der Waals surface area contributed by atoms with Gasteiger partial charge in [0.1, 0.15) is 0 Å². The Bertz CT molecular complexity index is 2980. The van der Waals surface area contributed by atoms with Crippen molar-refractivity contribution in [3.05, 3.63) is 162 Å². The second kappa shape index (κ2) is 15.5. The minimum absolute atomic E-state index is 0.0769. The van der Waals surface area contributed by atoms with E-state index in [2.05, 4.69) is 118 Å². The first-order valence-electron chi connectivity index (χ1n) is 20.2. The van der Waals surface area contributed by atoms with E-state index in [1.54, 1.807) is 4.90 Å². The summed E-state index contributed by atoms with van der Waals surface area (Å²) in [6, 6.07) is 47.0. The molecule has 8 bridgehead atoms. The number of H-pyrrole nitrogens is 2. The number of benzene rings is 4. The first kappa shape index (κ1) is 36.6. The van der Waals surface area contributed by atoms with Crippen molar-refractivity contribution in [2.45, 2.75) is 19.4 Å². The van der Waals surface area contributed by atoms with Crippen LogP contribution in [-0.2, 0) is 4.79 Å². The fourth-order valence-electron chi connectivity index (χ4n) is 8.57. The Morgan fingerprint density at radius 3 is 1.43 bits per heavy atom. The molecule has 1 atom stereocenters. The van der Waals surface area contributed by atoms with Crippen molar-refractivity contribution in [3.63, 3.8) is 0 Å². The minimum Gasteiger partial charge on any atom is -0.354 e. The van der Waals surface area contributed by atoms with Crippen LogP contribution in [0.1, 0.15) is 36.1 Å². The van der Waals surface area contributed by atoms with E-state index in [9.17, 15) is 9.59 Å². The lowest BCUT2D eigenvalue weighted by molar-refractivity contribution is -0.119. The van der Waals surface area contributed by atoms with Crippen molar-refractivity contribution < 1.29 is 9.59 Å². The number of urea groups is 1. The highest BCUT2D eigenvalue weighted by atomic mass is 16.2. The summed E-state index contributed by atoms with van der Waals surface area (Å²) < 4.78 is 0. The van der Waals surface area contributed by atoms with E-state index in [1.165, 1.54) is 6.92 Å². The number of nitrogens with zero attached hydrogens (tertiary/aromatic N) is 3. The molecule has 10 rings (SSSR count). The Labute approximate surface area is 347 Å². The lowest BCUT2D eigenvalue weighted by Crippen LogP contribution is -2.38. The zero-order valence-corrected chi connectivity index (χ0v) is 32.9. The molecule has 9 heteroatoms. The third kappa shape index (κ3) is 6.96. The van der Waals surface area contributed by atoms with Gasteiger partial charge in [0, 0.05) is 75.9 Å². The highest BCUT2D eigenvalue weighted by molar-refractivity contribution is 6.03. The Kier molecular flexibility index (Phi) is 9.46. The predicted molar refractivity (Wildman–Crippen MR) is 243 cm³/mol. The third-order valence-corrected chi connectivity index (χ3v) is 11.3. The van der Waals surface area contributed by atoms with Gasteiger partial charge in [0.05, 0.1) is 28.5 Å². The molecule has 4 aromatic carbocycles. The van der Waals surface area contributed by atoms with E-state index in [0.29, 0.717) is 25.2 Å². The zero-order valence-electron chi connectivity index (χ0n) is 32.9. The molecule has 0 unspecified atom stereocenters. The van der Waals surface area contributed by atoms with Gasteiger partial charge in [0.2, 0.25) is 5.91 Å². The van der Waals surface area contributed by atoms with Crippen LogP contribution in [0.25, 0.3) is 90.9 Å². The maximum atomic E-state index is 13.9. The molecule has 0 radical (unpaired) electrons. The average molecular weight is 784 g/mol. The maximum Gasteiger partial charge on any atom is 0.321 e. The summed E-state index contributed by atoms with van der Waals surface area (Å²) in [6.45, 7) is 2.49. The van der Waals surface area contributed by atoms with Gasteiger partial charge in [-0.15, -0.1) is 0 Å². The highest BCUT2D eigenvalue weighted by Crippen LogP contribution is 2.40. The molecule has 7 aromatic rings. The van der Waals surface area contributed by atoms with Gasteiger partial charge in [-0.25, -0.2) is 14.8 Å². The summed E-state index contributed by atoms with van der Waals surface area (Å²) >= 11 is 0. The predicted octanol–water partition coefficient (Wildman–Crippen LogP) is 11.1. The van der Waals surface area contributed by atoms with E-state index >= 15 is 0 Å². The summed E-state index contributed by atoms with van der Waals surface area (Å²) in [5.74, 6) is -0.0993. The normalized spacial score (nSPS) is 14.3. The molecule has 1 saturated heterocycles. The van der Waals surface area contributed by atoms with Crippen molar-refractivity contribution in [3.8, 4) is 44.5 Å². The number of carbonyl (C=O) groups excluding carboxylic acids is 2. The fourth-order valence-corrected chi connectivity index (χ4v) is 8.57. The number of hydrogen-bond donors (Lipinski definition) is 4. The van der Waals surface area contributed by atoms with E-state index in [-0.39, 0.29) is 18.0 Å². The molecule has 3 aromatic heterocycles. The van der Waals surface area contributed by atoms with Crippen LogP contribution in [0.15, 0.2) is 140 Å². The summed E-state index contributed by atoms with van der Waals surface area (Å²) in [7, 11) is 0. The molecule has 3 aliphatic heterocycles. The van der Waals surface area contributed by atoms with Crippen LogP contribution in [0.3, 0.4) is 0 Å². The molecule has 3 aliphatic rings. The molecule has 9 nitrogen and oxygen atoms in total. The molecule has 292 valence electrons. The third-order valence-electron chi connectivity index (χ3n) is 11.3. The summed E-state index contributed by atoms with van der Waals surface area (Å²) in [5.41, 5.74) is 15.1. The van der Waals surface area contributed by atoms with Crippen LogP contribution >= 0.6 is 0 Å². The number of para-hydroxylation sites is 1.